The molecule has 0 aliphatic carbocycles. The average molecular weight is 470 g/mol. The lowest BCUT2D eigenvalue weighted by atomic mass is 10.1. The fourth-order valence-corrected chi connectivity index (χ4v) is 2.60. The summed E-state index contributed by atoms with van der Waals surface area (Å²) in [6.07, 6.45) is 1.32. The Morgan fingerprint density at radius 2 is 1.55 bits per heavy atom. The number of nitrogens with zero attached hydrogens (tertiary/aromatic N) is 1. The largest absolute Gasteiger partial charge is 0.481 e. The van der Waals surface area contributed by atoms with Crippen molar-refractivity contribution in [1.82, 2.24) is 25.9 Å². The summed E-state index contributed by atoms with van der Waals surface area (Å²) in [6, 6.07) is -3.87. The number of carboxylic acids is 3. The van der Waals surface area contributed by atoms with E-state index in [2.05, 4.69) is 25.9 Å². The Morgan fingerprint density at radius 1 is 0.939 bits per heavy atom. The van der Waals surface area contributed by atoms with Gasteiger partial charge in [-0.1, -0.05) is 0 Å². The van der Waals surface area contributed by atoms with Crippen molar-refractivity contribution in [3.8, 4) is 0 Å². The van der Waals surface area contributed by atoms with Crippen molar-refractivity contribution in [2.75, 3.05) is 6.54 Å². The number of aromatic nitrogens is 2. The van der Waals surface area contributed by atoms with Gasteiger partial charge in [-0.2, -0.15) is 0 Å². The van der Waals surface area contributed by atoms with Gasteiger partial charge in [0.1, 0.15) is 12.1 Å². The van der Waals surface area contributed by atoms with Crippen molar-refractivity contribution in [3.05, 3.63) is 18.2 Å². The summed E-state index contributed by atoms with van der Waals surface area (Å²) in [7, 11) is 0. The zero-order valence-electron chi connectivity index (χ0n) is 17.4. The fraction of sp³-hybridized carbons (Fsp3) is 0.500. The van der Waals surface area contributed by atoms with E-state index in [-0.39, 0.29) is 19.3 Å². The molecule has 3 unspecified atom stereocenters. The summed E-state index contributed by atoms with van der Waals surface area (Å²) < 4.78 is 0. The number of nitrogens with one attached hydrogen (secondary N) is 4. The molecule has 1 rings (SSSR count). The van der Waals surface area contributed by atoms with Crippen LogP contribution in [0.15, 0.2) is 12.5 Å². The number of aromatic amines is 1. The van der Waals surface area contributed by atoms with E-state index in [1.165, 1.54) is 12.5 Å². The third kappa shape index (κ3) is 10.7. The average Bonchev–Trinajstić information content (AvgIpc) is 3.24. The molecule has 3 amide bonds. The lowest BCUT2D eigenvalue weighted by molar-refractivity contribution is -0.143. The van der Waals surface area contributed by atoms with Gasteiger partial charge < -0.3 is 42.0 Å². The van der Waals surface area contributed by atoms with E-state index in [0.717, 1.165) is 0 Å². The van der Waals surface area contributed by atoms with E-state index >= 15 is 0 Å². The third-order valence-corrected chi connectivity index (χ3v) is 4.31. The zero-order chi connectivity index (χ0) is 25.0. The number of carboxylic acid groups (broad SMARTS) is 3. The smallest absolute Gasteiger partial charge is 0.326 e. The topological polar surface area (TPSA) is 254 Å². The van der Waals surface area contributed by atoms with Crippen molar-refractivity contribution < 1.29 is 44.1 Å². The molecule has 9 N–H and O–H groups in total. The zero-order valence-corrected chi connectivity index (χ0v) is 17.4. The van der Waals surface area contributed by atoms with Gasteiger partial charge in [-0.25, -0.2) is 9.78 Å². The number of nitrogens with two attached hydrogens (primary N) is 1. The molecule has 0 radical (unpaired) electrons. The maximum atomic E-state index is 12.4. The van der Waals surface area contributed by atoms with E-state index < -0.39 is 73.1 Å². The second-order valence-corrected chi connectivity index (χ2v) is 6.99. The van der Waals surface area contributed by atoms with Crippen LogP contribution < -0.4 is 21.7 Å². The van der Waals surface area contributed by atoms with Crippen molar-refractivity contribution in [1.29, 1.82) is 0 Å². The molecule has 0 aliphatic heterocycles. The van der Waals surface area contributed by atoms with Crippen LogP contribution >= 0.6 is 0 Å². The Kier molecular flexibility index (Phi) is 11.0. The van der Waals surface area contributed by atoms with Gasteiger partial charge in [0.2, 0.25) is 17.7 Å². The van der Waals surface area contributed by atoms with Crippen LogP contribution in [0.25, 0.3) is 0 Å². The van der Waals surface area contributed by atoms with Gasteiger partial charge >= 0.3 is 17.9 Å². The minimum Gasteiger partial charge on any atom is -0.481 e. The van der Waals surface area contributed by atoms with Crippen molar-refractivity contribution in [2.24, 2.45) is 5.73 Å². The number of H-pyrrole nitrogens is 1. The molecule has 0 bridgehead atoms. The van der Waals surface area contributed by atoms with Gasteiger partial charge in [0.25, 0.3) is 0 Å². The molecule has 0 aromatic carbocycles. The number of rotatable bonds is 15. The predicted molar refractivity (Wildman–Crippen MR) is 109 cm³/mol. The molecule has 15 nitrogen and oxygen atoms in total. The first-order valence-corrected chi connectivity index (χ1v) is 9.76. The molecule has 0 aliphatic rings. The minimum absolute atomic E-state index is 0.0778. The molecule has 0 saturated heterocycles. The normalized spacial score (nSPS) is 13.2. The van der Waals surface area contributed by atoms with Gasteiger partial charge in [-0.3, -0.25) is 24.0 Å². The Bertz CT molecular complexity index is 858. The van der Waals surface area contributed by atoms with Crippen molar-refractivity contribution >= 4 is 35.6 Å². The first-order valence-electron chi connectivity index (χ1n) is 9.76. The highest BCUT2D eigenvalue weighted by Crippen LogP contribution is 2.02. The van der Waals surface area contributed by atoms with Crippen molar-refractivity contribution in [3.63, 3.8) is 0 Å². The van der Waals surface area contributed by atoms with Crippen LogP contribution in [-0.2, 0) is 35.2 Å². The van der Waals surface area contributed by atoms with Crippen molar-refractivity contribution in [2.45, 2.75) is 50.2 Å². The Labute approximate surface area is 187 Å². The second kappa shape index (κ2) is 13.4. The molecule has 182 valence electrons. The maximum absolute atomic E-state index is 12.4. The van der Waals surface area contributed by atoms with Gasteiger partial charge in [0, 0.05) is 31.2 Å². The molecule has 0 fully saturated rings. The fourth-order valence-electron chi connectivity index (χ4n) is 2.60. The molecule has 0 saturated carbocycles. The number of carbonyl (C=O) groups excluding carboxylic acids is 3. The highest BCUT2D eigenvalue weighted by atomic mass is 16.4. The quantitative estimate of drug-likeness (QED) is 0.130. The summed E-state index contributed by atoms with van der Waals surface area (Å²) in [5, 5.41) is 33.1. The van der Waals surface area contributed by atoms with E-state index in [1.54, 1.807) is 0 Å². The summed E-state index contributed by atoms with van der Waals surface area (Å²) in [4.78, 5) is 75.8. The Balaban J connectivity index is 2.66. The third-order valence-electron chi connectivity index (χ3n) is 4.31. The molecular weight excluding hydrogens is 444 g/mol. The van der Waals surface area contributed by atoms with E-state index in [0.29, 0.717) is 5.69 Å². The van der Waals surface area contributed by atoms with Crippen LogP contribution in [0.5, 0.6) is 0 Å². The number of aliphatic carboxylic acids is 3. The first kappa shape index (κ1) is 27.0. The molecule has 3 atom stereocenters. The molecule has 15 heteroatoms. The summed E-state index contributed by atoms with van der Waals surface area (Å²) >= 11 is 0. The van der Waals surface area contributed by atoms with E-state index in [9.17, 15) is 28.8 Å². The van der Waals surface area contributed by atoms with E-state index in [4.69, 9.17) is 21.1 Å². The molecule has 1 aromatic heterocycles. The van der Waals surface area contributed by atoms with Gasteiger partial charge in [0.05, 0.1) is 18.9 Å². The van der Waals surface area contributed by atoms with Gasteiger partial charge in [-0.05, 0) is 12.8 Å². The lowest BCUT2D eigenvalue weighted by Gasteiger charge is -2.20. The Morgan fingerprint density at radius 3 is 2.06 bits per heavy atom. The lowest BCUT2D eigenvalue weighted by Crippen LogP contribution is -2.54. The molecule has 33 heavy (non-hydrogen) atoms. The minimum atomic E-state index is -1.48. The van der Waals surface area contributed by atoms with Gasteiger partial charge in [0.15, 0.2) is 0 Å². The van der Waals surface area contributed by atoms with Crippen LogP contribution in [-0.4, -0.2) is 85.6 Å². The van der Waals surface area contributed by atoms with Crippen LogP contribution in [0.2, 0.25) is 0 Å². The second-order valence-electron chi connectivity index (χ2n) is 6.99. The Hall–Kier alpha value is -4.01. The maximum Gasteiger partial charge on any atom is 0.326 e. The van der Waals surface area contributed by atoms with Gasteiger partial charge in [-0.15, -0.1) is 0 Å². The number of carbonyl (C=O) groups is 6. The van der Waals surface area contributed by atoms with Crippen LogP contribution in [0.4, 0.5) is 0 Å². The SMILES string of the molecule is NC(Cc1cnc[nH]1)C(=O)NC(CCC(=O)O)C(=O)NCC(=O)NC(CCC(=O)O)C(=O)O. The van der Waals surface area contributed by atoms with Crippen LogP contribution in [0.3, 0.4) is 0 Å². The number of hydrogen-bond acceptors (Lipinski definition) is 8. The van der Waals surface area contributed by atoms with Crippen LogP contribution in [0, 0.1) is 0 Å². The molecular formula is C18H26N6O9. The predicted octanol–water partition coefficient (Wildman–Crippen LogP) is -2.82. The standard InChI is InChI=1S/C18H26N6O9/c19-10(5-9-6-20-8-22-9)16(30)24-11(1-3-14(26)27)17(31)21-7-13(25)23-12(18(32)33)2-4-15(28)29/h6,8,10-12H,1-5,7,19H2,(H,20,22)(H,21,31)(H,23,25)(H,24,30)(H,26,27)(H,28,29)(H,32,33). The molecule has 1 heterocycles. The summed E-state index contributed by atoms with van der Waals surface area (Å²) in [5.41, 5.74) is 6.36. The highest BCUT2D eigenvalue weighted by Gasteiger charge is 2.26. The number of amides is 3. The number of imidazole rings is 1. The first-order chi connectivity index (χ1) is 15.5. The molecule has 0 spiro atoms. The monoisotopic (exact) mass is 470 g/mol. The number of hydrogen-bond donors (Lipinski definition) is 8. The van der Waals surface area contributed by atoms with E-state index in [1.807, 2.05) is 0 Å². The van der Waals surface area contributed by atoms with Crippen LogP contribution in [0.1, 0.15) is 31.4 Å². The molecule has 1 aromatic rings. The summed E-state index contributed by atoms with van der Waals surface area (Å²) in [5.74, 6) is -6.45. The highest BCUT2D eigenvalue weighted by molar-refractivity contribution is 5.93. The summed E-state index contributed by atoms with van der Waals surface area (Å²) in [6.45, 7) is -0.685.